The molecule has 1 N–H and O–H groups in total. The molecule has 1 rings (SSSR count). The first-order valence-electron chi connectivity index (χ1n) is 6.12. The molecular formula is C14H18N2O2. The van der Waals surface area contributed by atoms with E-state index in [2.05, 4.69) is 6.07 Å². The van der Waals surface area contributed by atoms with Crippen molar-refractivity contribution >= 4 is 11.7 Å². The SMILES string of the molecule is CCC(C#N)N(CCCC(=O)O)c1ccccc1. The third-order valence-electron chi connectivity index (χ3n) is 2.79. The van der Waals surface area contributed by atoms with Gasteiger partial charge in [-0.25, -0.2) is 0 Å². The number of carboxylic acid groups (broad SMARTS) is 1. The Kier molecular flexibility index (Phi) is 5.72. The number of anilines is 1. The van der Waals surface area contributed by atoms with Crippen molar-refractivity contribution in [1.29, 1.82) is 5.26 Å². The maximum Gasteiger partial charge on any atom is 0.303 e. The zero-order valence-corrected chi connectivity index (χ0v) is 10.5. The lowest BCUT2D eigenvalue weighted by molar-refractivity contribution is -0.137. The summed E-state index contributed by atoms with van der Waals surface area (Å²) in [6.07, 6.45) is 1.39. The summed E-state index contributed by atoms with van der Waals surface area (Å²) in [5, 5.41) is 17.8. The number of aliphatic carboxylic acids is 1. The monoisotopic (exact) mass is 246 g/mol. The van der Waals surface area contributed by atoms with E-state index in [-0.39, 0.29) is 12.5 Å². The van der Waals surface area contributed by atoms with Crippen LogP contribution < -0.4 is 4.90 Å². The van der Waals surface area contributed by atoms with E-state index in [1.54, 1.807) is 0 Å². The van der Waals surface area contributed by atoms with Crippen LogP contribution in [0.5, 0.6) is 0 Å². The van der Waals surface area contributed by atoms with E-state index in [4.69, 9.17) is 10.4 Å². The predicted molar refractivity (Wildman–Crippen MR) is 70.3 cm³/mol. The van der Waals surface area contributed by atoms with Crippen LogP contribution in [0.4, 0.5) is 5.69 Å². The maximum atomic E-state index is 10.5. The first-order valence-corrected chi connectivity index (χ1v) is 6.12. The first-order chi connectivity index (χ1) is 8.69. The smallest absolute Gasteiger partial charge is 0.303 e. The third kappa shape index (κ3) is 4.10. The molecule has 96 valence electrons. The Labute approximate surface area is 107 Å². The largest absolute Gasteiger partial charge is 0.481 e. The molecule has 18 heavy (non-hydrogen) atoms. The molecule has 1 unspecified atom stereocenters. The van der Waals surface area contributed by atoms with Crippen LogP contribution in [0.25, 0.3) is 0 Å². The predicted octanol–water partition coefficient (Wildman–Crippen LogP) is 2.66. The van der Waals surface area contributed by atoms with Gasteiger partial charge in [-0.1, -0.05) is 25.1 Å². The standard InChI is InChI=1S/C14H18N2O2/c1-2-12(11-15)16(10-6-9-14(17)18)13-7-4-3-5-8-13/h3-5,7-8,12H,2,6,9-10H2,1H3,(H,17,18). The second kappa shape index (κ2) is 7.33. The Bertz CT molecular complexity index is 412. The normalized spacial score (nSPS) is 11.6. The average Bonchev–Trinajstić information content (AvgIpc) is 2.39. The molecule has 1 aromatic carbocycles. The van der Waals surface area contributed by atoms with Gasteiger partial charge in [-0.3, -0.25) is 4.79 Å². The number of carbonyl (C=O) groups is 1. The molecule has 0 spiro atoms. The molecular weight excluding hydrogens is 228 g/mol. The average molecular weight is 246 g/mol. The van der Waals surface area contributed by atoms with E-state index >= 15 is 0 Å². The number of carboxylic acids is 1. The zero-order chi connectivity index (χ0) is 13.4. The number of hydrogen-bond acceptors (Lipinski definition) is 3. The molecule has 1 aromatic rings. The van der Waals surface area contributed by atoms with Gasteiger partial charge in [0.05, 0.1) is 6.07 Å². The van der Waals surface area contributed by atoms with Gasteiger partial charge in [-0.15, -0.1) is 0 Å². The Hall–Kier alpha value is -2.02. The molecule has 0 aromatic heterocycles. The summed E-state index contributed by atoms with van der Waals surface area (Å²) in [6, 6.07) is 11.7. The molecule has 0 fully saturated rings. The van der Waals surface area contributed by atoms with E-state index in [0.717, 1.165) is 12.1 Å². The minimum atomic E-state index is -0.798. The summed E-state index contributed by atoms with van der Waals surface area (Å²) < 4.78 is 0. The van der Waals surface area contributed by atoms with Crippen LogP contribution in [0, 0.1) is 11.3 Å². The van der Waals surface area contributed by atoms with E-state index in [0.29, 0.717) is 13.0 Å². The maximum absolute atomic E-state index is 10.5. The Balaban J connectivity index is 2.76. The highest BCUT2D eigenvalue weighted by Gasteiger charge is 2.16. The minimum Gasteiger partial charge on any atom is -0.481 e. The van der Waals surface area contributed by atoms with E-state index in [9.17, 15) is 4.79 Å². The van der Waals surface area contributed by atoms with Gasteiger partial charge in [0.15, 0.2) is 0 Å². The van der Waals surface area contributed by atoms with E-state index in [1.807, 2.05) is 42.2 Å². The summed E-state index contributed by atoms with van der Waals surface area (Å²) in [6.45, 7) is 2.55. The van der Waals surface area contributed by atoms with Crippen molar-refractivity contribution in [2.75, 3.05) is 11.4 Å². The summed E-state index contributed by atoms with van der Waals surface area (Å²) in [5.41, 5.74) is 0.969. The summed E-state index contributed by atoms with van der Waals surface area (Å²) >= 11 is 0. The summed E-state index contributed by atoms with van der Waals surface area (Å²) in [4.78, 5) is 12.5. The van der Waals surface area contributed by atoms with Crippen LogP contribution in [-0.2, 0) is 4.79 Å². The van der Waals surface area contributed by atoms with Gasteiger partial charge in [0.25, 0.3) is 0 Å². The van der Waals surface area contributed by atoms with Crippen LogP contribution in [0.2, 0.25) is 0 Å². The second-order valence-electron chi connectivity index (χ2n) is 4.08. The summed E-state index contributed by atoms with van der Waals surface area (Å²) in [5.74, 6) is -0.798. The fourth-order valence-corrected chi connectivity index (χ4v) is 1.87. The highest BCUT2D eigenvalue weighted by Crippen LogP contribution is 2.18. The highest BCUT2D eigenvalue weighted by molar-refractivity contribution is 5.66. The number of benzene rings is 1. The molecule has 1 atom stereocenters. The summed E-state index contributed by atoms with van der Waals surface area (Å²) in [7, 11) is 0. The fraction of sp³-hybridized carbons (Fsp3) is 0.429. The Morgan fingerprint density at radius 3 is 2.61 bits per heavy atom. The Morgan fingerprint density at radius 2 is 2.11 bits per heavy atom. The fourth-order valence-electron chi connectivity index (χ4n) is 1.87. The van der Waals surface area contributed by atoms with Crippen molar-refractivity contribution in [3.8, 4) is 6.07 Å². The van der Waals surface area contributed by atoms with Crippen molar-refractivity contribution in [2.24, 2.45) is 0 Å². The molecule has 0 aliphatic heterocycles. The number of nitriles is 1. The van der Waals surface area contributed by atoms with Crippen molar-refractivity contribution < 1.29 is 9.90 Å². The minimum absolute atomic E-state index is 0.130. The quantitative estimate of drug-likeness (QED) is 0.803. The van der Waals surface area contributed by atoms with Crippen molar-refractivity contribution in [1.82, 2.24) is 0 Å². The number of rotatable bonds is 7. The van der Waals surface area contributed by atoms with Crippen LogP contribution in [0.15, 0.2) is 30.3 Å². The zero-order valence-electron chi connectivity index (χ0n) is 10.5. The van der Waals surface area contributed by atoms with Crippen LogP contribution in [-0.4, -0.2) is 23.7 Å². The highest BCUT2D eigenvalue weighted by atomic mass is 16.4. The lowest BCUT2D eigenvalue weighted by Gasteiger charge is -2.28. The lowest BCUT2D eigenvalue weighted by Crippen LogP contribution is -2.34. The first kappa shape index (κ1) is 14.0. The molecule has 0 amide bonds. The van der Waals surface area contributed by atoms with Gasteiger partial charge in [0.1, 0.15) is 6.04 Å². The van der Waals surface area contributed by atoms with Crippen molar-refractivity contribution in [3.63, 3.8) is 0 Å². The molecule has 4 heteroatoms. The number of nitrogens with zero attached hydrogens (tertiary/aromatic N) is 2. The van der Waals surface area contributed by atoms with Crippen molar-refractivity contribution in [3.05, 3.63) is 30.3 Å². The third-order valence-corrected chi connectivity index (χ3v) is 2.79. The molecule has 4 nitrogen and oxygen atoms in total. The molecule has 0 heterocycles. The van der Waals surface area contributed by atoms with Gasteiger partial charge >= 0.3 is 5.97 Å². The van der Waals surface area contributed by atoms with Gasteiger partial charge < -0.3 is 10.0 Å². The molecule has 0 aliphatic rings. The number of para-hydroxylation sites is 1. The Morgan fingerprint density at radius 1 is 1.44 bits per heavy atom. The second-order valence-corrected chi connectivity index (χ2v) is 4.08. The molecule has 0 bridgehead atoms. The van der Waals surface area contributed by atoms with Crippen LogP contribution in [0.1, 0.15) is 26.2 Å². The van der Waals surface area contributed by atoms with Crippen molar-refractivity contribution in [2.45, 2.75) is 32.2 Å². The molecule has 0 aliphatic carbocycles. The number of hydrogen-bond donors (Lipinski definition) is 1. The molecule has 0 radical (unpaired) electrons. The van der Waals surface area contributed by atoms with Crippen LogP contribution in [0.3, 0.4) is 0 Å². The lowest BCUT2D eigenvalue weighted by atomic mass is 10.1. The van der Waals surface area contributed by atoms with Gasteiger partial charge in [-0.05, 0) is 25.0 Å². The van der Waals surface area contributed by atoms with E-state index in [1.165, 1.54) is 0 Å². The van der Waals surface area contributed by atoms with Crippen LogP contribution >= 0.6 is 0 Å². The van der Waals surface area contributed by atoms with Gasteiger partial charge in [0, 0.05) is 18.7 Å². The molecule has 0 saturated heterocycles. The van der Waals surface area contributed by atoms with E-state index < -0.39 is 5.97 Å². The topological polar surface area (TPSA) is 64.3 Å². The molecule has 0 saturated carbocycles. The van der Waals surface area contributed by atoms with Gasteiger partial charge in [0.2, 0.25) is 0 Å². The van der Waals surface area contributed by atoms with Gasteiger partial charge in [-0.2, -0.15) is 5.26 Å².